The van der Waals surface area contributed by atoms with Crippen molar-refractivity contribution in [2.75, 3.05) is 9.80 Å². The van der Waals surface area contributed by atoms with Crippen molar-refractivity contribution in [3.05, 3.63) is 200 Å². The first kappa shape index (κ1) is 56.8. The van der Waals surface area contributed by atoms with Gasteiger partial charge in [-0.25, -0.2) is 0 Å². The lowest BCUT2D eigenvalue weighted by Crippen LogP contribution is -2.64. The minimum atomic E-state index is -0.165. The van der Waals surface area contributed by atoms with Crippen molar-refractivity contribution in [1.29, 1.82) is 0 Å². The van der Waals surface area contributed by atoms with Crippen molar-refractivity contribution in [3.63, 3.8) is 0 Å². The quantitative estimate of drug-likeness (QED) is 0.0528. The molecule has 9 heteroatoms. The summed E-state index contributed by atoms with van der Waals surface area (Å²) in [6.07, 6.45) is 16.7. The SMILES string of the molecule is CCCCc1ccc(Oc2cc3c4c(c2)N(c2ccc(CCCC)cc2)c2cc(C)cc(I)c2B4c2cc4c(cc2O3)Oc2cc(Oc3ccc(CCCC)cc3)cc3c2B4c2c(CCCC)cc(C)cc2N3c2ccc(CCCC)cc2)cc1. The second-order valence-corrected chi connectivity index (χ2v) is 25.4. The molecule has 0 spiro atoms. The number of hydrogen-bond donors (Lipinski definition) is 0. The molecule has 6 nitrogen and oxygen atoms in total. The molecule has 428 valence electrons. The number of hydrogen-bond acceptors (Lipinski definition) is 6. The van der Waals surface area contributed by atoms with Crippen molar-refractivity contribution < 1.29 is 18.9 Å². The van der Waals surface area contributed by atoms with Crippen LogP contribution in [0, 0.1) is 17.4 Å². The van der Waals surface area contributed by atoms with Gasteiger partial charge in [-0.1, -0.05) is 133 Å². The van der Waals surface area contributed by atoms with Gasteiger partial charge in [0.25, 0.3) is 13.4 Å². The van der Waals surface area contributed by atoms with Crippen molar-refractivity contribution in [2.24, 2.45) is 0 Å². The lowest BCUT2D eigenvalue weighted by molar-refractivity contribution is 0.451. The molecule has 13 rings (SSSR count). The van der Waals surface area contributed by atoms with E-state index < -0.39 is 0 Å². The Morgan fingerprint density at radius 1 is 0.365 bits per heavy atom. The highest BCUT2D eigenvalue weighted by molar-refractivity contribution is 14.1. The summed E-state index contributed by atoms with van der Waals surface area (Å²) in [6, 6.07) is 58.9. The highest BCUT2D eigenvalue weighted by atomic mass is 127. The minimum Gasteiger partial charge on any atom is -0.458 e. The van der Waals surface area contributed by atoms with Gasteiger partial charge in [-0.3, -0.25) is 0 Å². The number of unbranched alkanes of at least 4 members (excludes halogenated alkanes) is 5. The molecule has 0 unspecified atom stereocenters. The van der Waals surface area contributed by atoms with Gasteiger partial charge in [0, 0.05) is 68.0 Å². The van der Waals surface area contributed by atoms with E-state index in [0.717, 1.165) is 180 Å². The zero-order valence-electron chi connectivity index (χ0n) is 50.7. The predicted molar refractivity (Wildman–Crippen MR) is 366 cm³/mol. The molecule has 0 saturated carbocycles. The Morgan fingerprint density at radius 3 is 1.18 bits per heavy atom. The van der Waals surface area contributed by atoms with Crippen LogP contribution in [0.4, 0.5) is 34.1 Å². The standard InChI is InChI=1S/C76H77B2IN2O4/c1-8-13-18-51-23-31-56(32-24-51)80-65-41-49(6)39-55(22-17-12-5)73(65)77-62-47-63-70(48-69(62)84-71-45-60(43-67(80)75(71)77)82-58-35-27-53(28-36-58)20-15-10-3)85-72-46-61(83-59-37-29-54(30-38-59)21-16-11-4)44-68-76(72)78(63)74-64(79)40-50(7)42-66(74)81(68)57-33-25-52(26-34-57)19-14-9-2/h23-48H,8-22H2,1-7H3. The molecule has 0 aliphatic carbocycles. The molecule has 4 aliphatic heterocycles. The molecule has 9 aromatic carbocycles. The number of nitrogens with zero attached hydrogens (tertiary/aromatic N) is 2. The van der Waals surface area contributed by atoms with E-state index in [1.165, 1.54) is 71.2 Å². The number of anilines is 6. The average Bonchev–Trinajstić information content (AvgIpc) is 0.957. The summed E-state index contributed by atoms with van der Waals surface area (Å²) in [4.78, 5) is 4.97. The fourth-order valence-electron chi connectivity index (χ4n) is 13.6. The van der Waals surface area contributed by atoms with Crippen LogP contribution in [0.2, 0.25) is 0 Å². The van der Waals surface area contributed by atoms with Crippen LogP contribution in [0.1, 0.15) is 138 Å². The van der Waals surface area contributed by atoms with Crippen LogP contribution in [0.15, 0.2) is 158 Å². The zero-order valence-corrected chi connectivity index (χ0v) is 52.8. The number of aryl methyl sites for hydroxylation is 7. The number of ether oxygens (including phenoxy) is 4. The predicted octanol–water partition coefficient (Wildman–Crippen LogP) is 18.0. The van der Waals surface area contributed by atoms with Gasteiger partial charge in [0.05, 0.1) is 0 Å². The molecule has 0 amide bonds. The first-order valence-corrected chi connectivity index (χ1v) is 32.8. The number of fused-ring (bicyclic) bond motifs is 8. The Labute approximate surface area is 519 Å². The van der Waals surface area contributed by atoms with Gasteiger partial charge >= 0.3 is 0 Å². The van der Waals surface area contributed by atoms with Gasteiger partial charge in [-0.2, -0.15) is 0 Å². The van der Waals surface area contributed by atoms with E-state index in [9.17, 15) is 0 Å². The van der Waals surface area contributed by atoms with Crippen LogP contribution in [0.5, 0.6) is 46.0 Å². The van der Waals surface area contributed by atoms with Gasteiger partial charge in [0.2, 0.25) is 0 Å². The lowest BCUT2D eigenvalue weighted by atomic mass is 9.30. The summed E-state index contributed by atoms with van der Waals surface area (Å²) < 4.78 is 30.0. The fraction of sp³-hybridized carbons (Fsp3) is 0.289. The molecule has 9 aromatic rings. The highest BCUT2D eigenvalue weighted by Crippen LogP contribution is 2.48. The first-order valence-electron chi connectivity index (χ1n) is 31.8. The van der Waals surface area contributed by atoms with E-state index in [4.69, 9.17) is 18.9 Å². The monoisotopic (exact) mass is 1230 g/mol. The summed E-state index contributed by atoms with van der Waals surface area (Å²) in [5.41, 5.74) is 23.1. The molecule has 0 fully saturated rings. The Hall–Kier alpha value is -7.36. The maximum Gasteiger partial charge on any atom is 0.257 e. The van der Waals surface area contributed by atoms with Crippen molar-refractivity contribution in [3.8, 4) is 46.0 Å². The van der Waals surface area contributed by atoms with Gasteiger partial charge in [0.1, 0.15) is 46.0 Å². The van der Waals surface area contributed by atoms with Gasteiger partial charge < -0.3 is 28.7 Å². The van der Waals surface area contributed by atoms with Gasteiger partial charge in [0.15, 0.2) is 0 Å². The summed E-state index contributed by atoms with van der Waals surface area (Å²) in [5, 5.41) is 0. The van der Waals surface area contributed by atoms with Gasteiger partial charge in [-0.15, -0.1) is 0 Å². The molecule has 0 radical (unpaired) electrons. The zero-order chi connectivity index (χ0) is 58.3. The van der Waals surface area contributed by atoms with Crippen LogP contribution in [-0.2, 0) is 32.1 Å². The third kappa shape index (κ3) is 11.0. The molecule has 0 aromatic heterocycles. The molecule has 4 aliphatic rings. The van der Waals surface area contributed by atoms with Crippen LogP contribution < -0.4 is 61.5 Å². The molecule has 85 heavy (non-hydrogen) atoms. The Morgan fingerprint density at radius 2 is 0.741 bits per heavy atom. The van der Waals surface area contributed by atoms with Crippen molar-refractivity contribution in [2.45, 2.75) is 145 Å². The van der Waals surface area contributed by atoms with E-state index >= 15 is 0 Å². The Balaban J connectivity index is 1.01. The second-order valence-electron chi connectivity index (χ2n) is 24.3. The van der Waals surface area contributed by atoms with E-state index in [0.29, 0.717) is 0 Å². The average molecular weight is 1230 g/mol. The summed E-state index contributed by atoms with van der Waals surface area (Å²) in [6.45, 7) is 15.5. The highest BCUT2D eigenvalue weighted by Gasteiger charge is 2.48. The number of benzene rings is 9. The molecule has 0 N–H and O–H groups in total. The molecular formula is C76H77B2IN2O4. The summed E-state index contributed by atoms with van der Waals surface area (Å²) in [5.74, 6) is 6.20. The third-order valence-electron chi connectivity index (χ3n) is 17.9. The molecule has 0 bridgehead atoms. The van der Waals surface area contributed by atoms with Crippen LogP contribution in [0.3, 0.4) is 0 Å². The topological polar surface area (TPSA) is 43.4 Å². The molecule has 4 heterocycles. The molecular weight excluding hydrogens is 1150 g/mol. The van der Waals surface area contributed by atoms with Gasteiger partial charge in [-0.05, 0) is 234 Å². The van der Waals surface area contributed by atoms with Crippen LogP contribution in [0.25, 0.3) is 0 Å². The number of rotatable bonds is 21. The van der Waals surface area contributed by atoms with E-state index in [1.807, 2.05) is 0 Å². The first-order chi connectivity index (χ1) is 41.6. The van der Waals surface area contributed by atoms with Crippen LogP contribution in [-0.4, -0.2) is 13.4 Å². The Kier molecular flexibility index (Phi) is 16.4. The van der Waals surface area contributed by atoms with Crippen molar-refractivity contribution in [1.82, 2.24) is 0 Å². The summed E-state index contributed by atoms with van der Waals surface area (Å²) >= 11 is 2.61. The van der Waals surface area contributed by atoms with Crippen LogP contribution >= 0.6 is 22.6 Å². The fourth-order valence-corrected chi connectivity index (χ4v) is 14.7. The second kappa shape index (κ2) is 24.6. The number of halogens is 1. The van der Waals surface area contributed by atoms with Crippen molar-refractivity contribution >= 4 is 103 Å². The maximum atomic E-state index is 7.47. The van der Waals surface area contributed by atoms with E-state index in [2.05, 4.69) is 239 Å². The third-order valence-corrected chi connectivity index (χ3v) is 18.8. The molecule has 0 atom stereocenters. The molecule has 0 saturated heterocycles. The van der Waals surface area contributed by atoms with E-state index in [-0.39, 0.29) is 13.4 Å². The maximum absolute atomic E-state index is 7.47. The van der Waals surface area contributed by atoms with E-state index in [1.54, 1.807) is 0 Å². The smallest absolute Gasteiger partial charge is 0.257 e. The summed E-state index contributed by atoms with van der Waals surface area (Å²) in [7, 11) is 0. The largest absolute Gasteiger partial charge is 0.458 e. The Bertz CT molecular complexity index is 3940. The lowest BCUT2D eigenvalue weighted by Gasteiger charge is -2.43. The minimum absolute atomic E-state index is 0.152. The normalized spacial score (nSPS) is 13.0.